The Morgan fingerprint density at radius 1 is 1.21 bits per heavy atom. The largest absolute Gasteiger partial charge is 0.476 e. The van der Waals surface area contributed by atoms with Crippen LogP contribution in [0.25, 0.3) is 0 Å². The van der Waals surface area contributed by atoms with Gasteiger partial charge in [-0.3, -0.25) is 9.10 Å². The van der Waals surface area contributed by atoms with Crippen molar-refractivity contribution in [3.8, 4) is 5.75 Å². The zero-order chi connectivity index (χ0) is 21.4. The van der Waals surface area contributed by atoms with Gasteiger partial charge in [0.25, 0.3) is 5.91 Å². The molecule has 0 saturated heterocycles. The molecule has 1 N–H and O–H groups in total. The number of nitrogens with one attached hydrogen (secondary N) is 1. The molecule has 0 aliphatic carbocycles. The number of fused-ring (bicyclic) bond motifs is 1. The van der Waals surface area contributed by atoms with Crippen LogP contribution in [0, 0.1) is 0 Å². The minimum atomic E-state index is -3.58. The fourth-order valence-electron chi connectivity index (χ4n) is 3.33. The Balaban J connectivity index is 1.93. The maximum Gasteiger partial charge on any atom is 0.267 e. The first kappa shape index (κ1) is 21.2. The third-order valence-electron chi connectivity index (χ3n) is 5.04. The quantitative estimate of drug-likeness (QED) is 0.824. The summed E-state index contributed by atoms with van der Waals surface area (Å²) < 4.78 is 32.1. The van der Waals surface area contributed by atoms with Crippen LogP contribution in [0.4, 0.5) is 11.4 Å². The molecule has 6 nitrogen and oxygen atoms in total. The van der Waals surface area contributed by atoms with E-state index in [4.69, 9.17) is 4.74 Å². The van der Waals surface area contributed by atoms with Crippen LogP contribution in [0.2, 0.25) is 0 Å². The van der Waals surface area contributed by atoms with E-state index in [2.05, 4.69) is 26.1 Å². The summed E-state index contributed by atoms with van der Waals surface area (Å²) in [5.41, 5.74) is 3.04. The summed E-state index contributed by atoms with van der Waals surface area (Å²) in [5.74, 6) is 0.0173. The first-order valence-electron chi connectivity index (χ1n) is 9.68. The van der Waals surface area contributed by atoms with Gasteiger partial charge in [-0.2, -0.15) is 0 Å². The topological polar surface area (TPSA) is 75.7 Å². The number of carbonyl (C=O) groups is 1. The first-order valence-corrected chi connectivity index (χ1v) is 11.5. The summed E-state index contributed by atoms with van der Waals surface area (Å²) in [6.45, 7) is 8.12. The maximum absolute atomic E-state index is 12.9. The van der Waals surface area contributed by atoms with E-state index in [0.717, 1.165) is 23.8 Å². The molecule has 0 aromatic heterocycles. The summed E-state index contributed by atoms with van der Waals surface area (Å²) >= 11 is 0. The van der Waals surface area contributed by atoms with Crippen molar-refractivity contribution >= 4 is 27.3 Å². The van der Waals surface area contributed by atoms with Gasteiger partial charge in [-0.1, -0.05) is 52.0 Å². The molecule has 156 valence electrons. The van der Waals surface area contributed by atoms with Crippen LogP contribution in [0.15, 0.2) is 42.5 Å². The van der Waals surface area contributed by atoms with E-state index in [1.807, 2.05) is 43.3 Å². The average molecular weight is 417 g/mol. The van der Waals surface area contributed by atoms with Crippen molar-refractivity contribution in [1.82, 2.24) is 0 Å². The summed E-state index contributed by atoms with van der Waals surface area (Å²) in [5, 5.41) is 2.88. The van der Waals surface area contributed by atoms with Gasteiger partial charge in [0.15, 0.2) is 6.10 Å². The molecule has 1 unspecified atom stereocenters. The van der Waals surface area contributed by atoms with Crippen molar-refractivity contribution in [2.45, 2.75) is 45.6 Å². The molecule has 2 aromatic carbocycles. The minimum absolute atomic E-state index is 0.0699. The lowest BCUT2D eigenvalue weighted by atomic mass is 9.86. The minimum Gasteiger partial charge on any atom is -0.476 e. The molecule has 2 aromatic rings. The second kappa shape index (κ2) is 7.71. The first-order chi connectivity index (χ1) is 13.5. The number of aryl methyl sites for hydroxylation is 1. The van der Waals surface area contributed by atoms with Gasteiger partial charge in [0.1, 0.15) is 5.75 Å². The van der Waals surface area contributed by atoms with E-state index in [1.165, 1.54) is 4.31 Å². The standard InChI is InChI=1S/C22H28N2O4S/c1-6-15-9-7-8-10-17(15)23-21(25)20-14-24(29(5,26)27)18-13-16(22(2,3)4)11-12-19(18)28-20/h7-13,20H,6,14H2,1-5H3,(H,23,25). The highest BCUT2D eigenvalue weighted by Crippen LogP contribution is 2.38. The molecule has 1 aliphatic rings. The molecule has 3 rings (SSSR count). The SMILES string of the molecule is CCc1ccccc1NC(=O)C1CN(S(C)(=O)=O)c2cc(C(C)(C)C)ccc2O1. The number of hydrogen-bond acceptors (Lipinski definition) is 4. The summed E-state index contributed by atoms with van der Waals surface area (Å²) in [4.78, 5) is 12.9. The third-order valence-corrected chi connectivity index (χ3v) is 6.19. The second-order valence-corrected chi connectivity index (χ2v) is 10.2. The number of nitrogens with zero attached hydrogens (tertiary/aromatic N) is 1. The summed E-state index contributed by atoms with van der Waals surface area (Å²) in [7, 11) is -3.58. The molecular formula is C22H28N2O4S. The van der Waals surface area contributed by atoms with Gasteiger partial charge >= 0.3 is 0 Å². The van der Waals surface area contributed by atoms with Gasteiger partial charge in [0.2, 0.25) is 10.0 Å². The Labute approximate surface area is 172 Å². The van der Waals surface area contributed by atoms with Crippen LogP contribution in [0.3, 0.4) is 0 Å². The number of rotatable bonds is 4. The number of para-hydroxylation sites is 1. The molecule has 0 bridgehead atoms. The molecule has 1 aliphatic heterocycles. The Bertz CT molecular complexity index is 1030. The summed E-state index contributed by atoms with van der Waals surface area (Å²) in [6, 6.07) is 13.0. The van der Waals surface area contributed by atoms with Gasteiger partial charge in [0, 0.05) is 5.69 Å². The lowest BCUT2D eigenvalue weighted by Crippen LogP contribution is -2.48. The third kappa shape index (κ3) is 4.56. The van der Waals surface area contributed by atoms with E-state index in [0.29, 0.717) is 17.1 Å². The second-order valence-electron chi connectivity index (χ2n) is 8.33. The van der Waals surface area contributed by atoms with Crippen molar-refractivity contribution in [1.29, 1.82) is 0 Å². The zero-order valence-corrected chi connectivity index (χ0v) is 18.3. The normalized spacial score (nSPS) is 16.7. The molecule has 0 saturated carbocycles. The van der Waals surface area contributed by atoms with E-state index in [-0.39, 0.29) is 17.9 Å². The number of hydrogen-bond donors (Lipinski definition) is 1. The number of ether oxygens (including phenoxy) is 1. The van der Waals surface area contributed by atoms with Crippen molar-refractivity contribution in [3.05, 3.63) is 53.6 Å². The van der Waals surface area contributed by atoms with Gasteiger partial charge in [-0.05, 0) is 41.2 Å². The molecule has 0 radical (unpaired) electrons. The van der Waals surface area contributed by atoms with E-state index in [9.17, 15) is 13.2 Å². The summed E-state index contributed by atoms with van der Waals surface area (Å²) in [6.07, 6.45) is 0.978. The van der Waals surface area contributed by atoms with E-state index >= 15 is 0 Å². The number of anilines is 2. The van der Waals surface area contributed by atoms with Crippen LogP contribution in [0.1, 0.15) is 38.8 Å². The fourth-order valence-corrected chi connectivity index (χ4v) is 4.24. The average Bonchev–Trinajstić information content (AvgIpc) is 2.65. The number of sulfonamides is 1. The van der Waals surface area contributed by atoms with Gasteiger partial charge < -0.3 is 10.1 Å². The predicted octanol–water partition coefficient (Wildman–Crippen LogP) is 3.71. The molecule has 7 heteroatoms. The van der Waals surface area contributed by atoms with Gasteiger partial charge in [0.05, 0.1) is 18.5 Å². The van der Waals surface area contributed by atoms with Crippen molar-refractivity contribution in [2.75, 3.05) is 22.4 Å². The lowest BCUT2D eigenvalue weighted by molar-refractivity contribution is -0.122. The molecule has 1 atom stereocenters. The lowest BCUT2D eigenvalue weighted by Gasteiger charge is -2.35. The van der Waals surface area contributed by atoms with Crippen LogP contribution >= 0.6 is 0 Å². The Kier molecular flexibility index (Phi) is 5.63. The monoisotopic (exact) mass is 416 g/mol. The van der Waals surface area contributed by atoms with Crippen LogP contribution in [0.5, 0.6) is 5.75 Å². The number of carbonyl (C=O) groups excluding carboxylic acids is 1. The van der Waals surface area contributed by atoms with Crippen molar-refractivity contribution in [3.63, 3.8) is 0 Å². The van der Waals surface area contributed by atoms with Crippen LogP contribution in [-0.2, 0) is 26.7 Å². The van der Waals surface area contributed by atoms with Crippen LogP contribution < -0.4 is 14.4 Å². The Morgan fingerprint density at radius 2 is 1.90 bits per heavy atom. The Morgan fingerprint density at radius 3 is 2.52 bits per heavy atom. The Hall–Kier alpha value is -2.54. The molecule has 29 heavy (non-hydrogen) atoms. The van der Waals surface area contributed by atoms with E-state index in [1.54, 1.807) is 6.07 Å². The van der Waals surface area contributed by atoms with E-state index < -0.39 is 16.1 Å². The number of amides is 1. The molecule has 0 spiro atoms. The van der Waals surface area contributed by atoms with Gasteiger partial charge in [-0.25, -0.2) is 8.42 Å². The smallest absolute Gasteiger partial charge is 0.267 e. The molecular weight excluding hydrogens is 388 g/mol. The zero-order valence-electron chi connectivity index (χ0n) is 17.5. The molecule has 1 heterocycles. The predicted molar refractivity (Wildman–Crippen MR) is 116 cm³/mol. The highest BCUT2D eigenvalue weighted by atomic mass is 32.2. The highest BCUT2D eigenvalue weighted by Gasteiger charge is 2.36. The van der Waals surface area contributed by atoms with Crippen molar-refractivity contribution in [2.24, 2.45) is 0 Å². The van der Waals surface area contributed by atoms with Crippen LogP contribution in [-0.4, -0.2) is 33.2 Å². The molecule has 0 fully saturated rings. The maximum atomic E-state index is 12.9. The number of benzene rings is 2. The highest BCUT2D eigenvalue weighted by molar-refractivity contribution is 7.92. The molecule has 1 amide bonds. The van der Waals surface area contributed by atoms with Crippen molar-refractivity contribution < 1.29 is 17.9 Å². The van der Waals surface area contributed by atoms with Gasteiger partial charge in [-0.15, -0.1) is 0 Å². The fraction of sp³-hybridized carbons (Fsp3) is 0.409.